The third kappa shape index (κ3) is 8.36. The standard InChI is InChI=1S/C32H34ClF3N10O5.CH4O/c1-2-23-27(42-12-14-43(15-13-42)28(50)26-24(48)4-3-7-37-26)29(51)46-31(39-30(40-46)44-10-8-41(9-11-44)16-17-47)45(23)19-25(49)38-22-6-5-20(18-21(22)33)32(34,35)36;1-2/h3-7,17-18,48H,2,8-16,19H2,1H3,(H,38,49);2H,1H3. The first kappa shape index (κ1) is 38.9. The molecule has 0 saturated carbocycles. The van der Waals surface area contributed by atoms with Crippen LogP contribution >= 0.6 is 11.6 Å². The van der Waals surface area contributed by atoms with Gasteiger partial charge in [0, 0.05) is 65.7 Å². The molecule has 20 heteroatoms. The van der Waals surface area contributed by atoms with Gasteiger partial charge >= 0.3 is 6.18 Å². The second-order valence-electron chi connectivity index (χ2n) is 12.0. The van der Waals surface area contributed by atoms with Crippen molar-refractivity contribution in [3.05, 3.63) is 68.9 Å². The van der Waals surface area contributed by atoms with E-state index < -0.39 is 29.1 Å². The third-order valence-corrected chi connectivity index (χ3v) is 9.19. The molecule has 16 nitrogen and oxygen atoms in total. The second-order valence-corrected chi connectivity index (χ2v) is 12.4. The molecule has 0 unspecified atom stereocenters. The minimum Gasteiger partial charge on any atom is -0.505 e. The smallest absolute Gasteiger partial charge is 0.416 e. The van der Waals surface area contributed by atoms with Crippen molar-refractivity contribution in [2.24, 2.45) is 0 Å². The summed E-state index contributed by atoms with van der Waals surface area (Å²) in [4.78, 5) is 67.7. The maximum Gasteiger partial charge on any atom is 0.416 e. The van der Waals surface area contributed by atoms with Gasteiger partial charge in [-0.05, 0) is 36.8 Å². The van der Waals surface area contributed by atoms with Gasteiger partial charge in [0.1, 0.15) is 24.3 Å². The molecule has 3 aromatic heterocycles. The Balaban J connectivity index is 0.00000266. The van der Waals surface area contributed by atoms with Gasteiger partial charge in [0.15, 0.2) is 5.69 Å². The number of anilines is 3. The number of nitrogens with one attached hydrogen (secondary N) is 1. The van der Waals surface area contributed by atoms with Gasteiger partial charge in [0.25, 0.3) is 11.5 Å². The number of hydrogen-bond donors (Lipinski definition) is 3. The first-order chi connectivity index (χ1) is 25.4. The number of nitrogens with zero attached hydrogens (tertiary/aromatic N) is 9. The molecular weight excluding hydrogens is 725 g/mol. The molecule has 2 fully saturated rings. The SMILES string of the molecule is CCc1c(N2CCN(C(=O)c3ncccc3O)CC2)c(=O)n2nc(N3CCN(CC=O)CC3)nc2n1CC(=O)Nc1ccc(C(F)(F)F)cc1Cl.CO. The number of piperazine rings is 2. The normalized spacial score (nSPS) is 15.3. The van der Waals surface area contributed by atoms with Gasteiger partial charge in [-0.2, -0.15) is 22.7 Å². The predicted octanol–water partition coefficient (Wildman–Crippen LogP) is 1.76. The lowest BCUT2D eigenvalue weighted by molar-refractivity contribution is -0.137. The quantitative estimate of drug-likeness (QED) is 0.211. The van der Waals surface area contributed by atoms with Gasteiger partial charge in [0.2, 0.25) is 17.6 Å². The number of halogens is 4. The highest BCUT2D eigenvalue weighted by Gasteiger charge is 2.32. The Kier molecular flexibility index (Phi) is 12.2. The number of aldehydes is 1. The van der Waals surface area contributed by atoms with Crippen molar-refractivity contribution >= 4 is 52.8 Å². The van der Waals surface area contributed by atoms with E-state index in [-0.39, 0.29) is 78.7 Å². The molecule has 5 heterocycles. The average molecular weight is 763 g/mol. The number of fused-ring (bicyclic) bond motifs is 1. The van der Waals surface area contributed by atoms with E-state index in [1.54, 1.807) is 4.57 Å². The number of carbonyl (C=O) groups excluding carboxylic acids is 3. The monoisotopic (exact) mass is 762 g/mol. The van der Waals surface area contributed by atoms with E-state index in [0.717, 1.165) is 36.1 Å². The van der Waals surface area contributed by atoms with E-state index in [1.165, 1.54) is 23.2 Å². The molecule has 2 aliphatic heterocycles. The van der Waals surface area contributed by atoms with Gasteiger partial charge in [0.05, 0.1) is 28.5 Å². The first-order valence-corrected chi connectivity index (χ1v) is 17.0. The number of amides is 2. The van der Waals surface area contributed by atoms with Crippen LogP contribution in [0.5, 0.6) is 5.75 Å². The summed E-state index contributed by atoms with van der Waals surface area (Å²) in [6.45, 7) is 4.71. The summed E-state index contributed by atoms with van der Waals surface area (Å²) < 4.78 is 42.3. The van der Waals surface area contributed by atoms with Crippen molar-refractivity contribution in [3.8, 4) is 5.75 Å². The molecule has 284 valence electrons. The van der Waals surface area contributed by atoms with E-state index in [0.29, 0.717) is 38.4 Å². The molecule has 3 N–H and O–H groups in total. The number of aromatic hydroxyl groups is 1. The summed E-state index contributed by atoms with van der Waals surface area (Å²) in [5.74, 6) is -0.999. The topological polar surface area (TPSA) is 182 Å². The van der Waals surface area contributed by atoms with Crippen LogP contribution in [-0.2, 0) is 28.7 Å². The van der Waals surface area contributed by atoms with Crippen LogP contribution in [0.25, 0.3) is 5.78 Å². The number of carbonyl (C=O) groups is 3. The Bertz CT molecular complexity index is 2030. The van der Waals surface area contributed by atoms with E-state index >= 15 is 0 Å². The van der Waals surface area contributed by atoms with Crippen LogP contribution in [0.1, 0.15) is 28.7 Å². The van der Waals surface area contributed by atoms with Crippen molar-refractivity contribution in [3.63, 3.8) is 0 Å². The number of aliphatic hydroxyl groups is 1. The first-order valence-electron chi connectivity index (χ1n) is 16.6. The van der Waals surface area contributed by atoms with Gasteiger partial charge in [-0.1, -0.05) is 18.5 Å². The highest BCUT2D eigenvalue weighted by Crippen LogP contribution is 2.34. The Labute approximate surface area is 306 Å². The number of hydrogen-bond acceptors (Lipinski definition) is 12. The number of alkyl halides is 3. The molecule has 0 radical (unpaired) electrons. The second kappa shape index (κ2) is 16.6. The summed E-state index contributed by atoms with van der Waals surface area (Å²) in [5, 5.41) is 24.0. The van der Waals surface area contributed by atoms with Gasteiger partial charge in [-0.15, -0.1) is 5.10 Å². The van der Waals surface area contributed by atoms with Gasteiger partial charge in [-0.3, -0.25) is 19.3 Å². The maximum atomic E-state index is 14.2. The molecule has 0 aliphatic carbocycles. The van der Waals surface area contributed by atoms with Crippen molar-refractivity contribution in [1.29, 1.82) is 0 Å². The Hall–Kier alpha value is -5.27. The summed E-state index contributed by atoms with van der Waals surface area (Å²) >= 11 is 6.11. The third-order valence-electron chi connectivity index (χ3n) is 8.88. The number of aromatic nitrogens is 5. The minimum atomic E-state index is -4.62. The molecule has 53 heavy (non-hydrogen) atoms. The molecule has 2 saturated heterocycles. The fourth-order valence-corrected chi connectivity index (χ4v) is 6.49. The zero-order valence-corrected chi connectivity index (χ0v) is 29.6. The highest BCUT2D eigenvalue weighted by molar-refractivity contribution is 6.33. The summed E-state index contributed by atoms with van der Waals surface area (Å²) in [6.07, 6.45) is -2.09. The molecule has 0 bridgehead atoms. The van der Waals surface area contributed by atoms with Gasteiger partial charge < -0.3 is 39.6 Å². The Morgan fingerprint density at radius 2 is 1.70 bits per heavy atom. The van der Waals surface area contributed by atoms with Crippen LogP contribution in [0.15, 0.2) is 41.3 Å². The largest absolute Gasteiger partial charge is 0.505 e. The molecule has 4 aromatic rings. The van der Waals surface area contributed by atoms with Crippen molar-refractivity contribution in [2.45, 2.75) is 26.1 Å². The Morgan fingerprint density at radius 3 is 2.30 bits per heavy atom. The summed E-state index contributed by atoms with van der Waals surface area (Å²) in [5.41, 5.74) is -0.842. The van der Waals surface area contributed by atoms with E-state index in [4.69, 9.17) is 16.7 Å². The molecule has 6 rings (SSSR count). The summed E-state index contributed by atoms with van der Waals surface area (Å²) in [7, 11) is 1.00. The van der Waals surface area contributed by atoms with Crippen LogP contribution in [-0.4, -0.2) is 128 Å². The maximum absolute atomic E-state index is 14.2. The molecule has 0 spiro atoms. The number of aliphatic hydroxyl groups excluding tert-OH is 1. The Morgan fingerprint density at radius 1 is 1.02 bits per heavy atom. The van der Waals surface area contributed by atoms with Gasteiger partial charge in [-0.25, -0.2) is 4.98 Å². The zero-order valence-electron chi connectivity index (χ0n) is 28.9. The average Bonchev–Trinajstić information content (AvgIpc) is 3.60. The fourth-order valence-electron chi connectivity index (χ4n) is 6.26. The van der Waals surface area contributed by atoms with Crippen LogP contribution in [0.3, 0.4) is 0 Å². The molecule has 2 aliphatic rings. The van der Waals surface area contributed by atoms with E-state index in [1.807, 2.05) is 21.6 Å². The number of rotatable bonds is 9. The predicted molar refractivity (Wildman–Crippen MR) is 189 cm³/mol. The van der Waals surface area contributed by atoms with Crippen LogP contribution in [0.4, 0.5) is 30.5 Å². The van der Waals surface area contributed by atoms with Crippen molar-refractivity contribution < 1.29 is 37.8 Å². The lowest BCUT2D eigenvalue weighted by Crippen LogP contribution is -2.51. The lowest BCUT2D eigenvalue weighted by atomic mass is 10.2. The van der Waals surface area contributed by atoms with Crippen LogP contribution in [0.2, 0.25) is 5.02 Å². The zero-order chi connectivity index (χ0) is 38.4. The van der Waals surface area contributed by atoms with E-state index in [2.05, 4.69) is 20.4 Å². The van der Waals surface area contributed by atoms with Crippen molar-refractivity contribution in [1.82, 2.24) is 33.9 Å². The van der Waals surface area contributed by atoms with E-state index in [9.17, 15) is 37.5 Å². The molecule has 2 amide bonds. The molecule has 1 aromatic carbocycles. The number of pyridine rings is 1. The lowest BCUT2D eigenvalue weighted by Gasteiger charge is -2.36. The minimum absolute atomic E-state index is 0.0277. The van der Waals surface area contributed by atoms with Crippen LogP contribution < -0.4 is 20.7 Å². The molecular formula is C33H38ClF3N10O6. The highest BCUT2D eigenvalue weighted by atomic mass is 35.5. The summed E-state index contributed by atoms with van der Waals surface area (Å²) in [6, 6.07) is 5.50. The van der Waals surface area contributed by atoms with Crippen LogP contribution in [0, 0.1) is 0 Å². The number of benzene rings is 1. The fraction of sp³-hybridized carbons (Fsp3) is 0.424. The van der Waals surface area contributed by atoms with Crippen molar-refractivity contribution in [2.75, 3.05) is 81.1 Å². The molecule has 0 atom stereocenters.